The van der Waals surface area contributed by atoms with Crippen molar-refractivity contribution in [2.45, 2.75) is 13.5 Å². The van der Waals surface area contributed by atoms with Crippen LogP contribution in [0, 0.1) is 0 Å². The molecule has 0 unspecified atom stereocenters. The fourth-order valence-electron chi connectivity index (χ4n) is 2.48. The van der Waals surface area contributed by atoms with E-state index in [0.29, 0.717) is 29.5 Å². The second-order valence-electron chi connectivity index (χ2n) is 5.81. The van der Waals surface area contributed by atoms with Crippen molar-refractivity contribution in [2.75, 3.05) is 12.4 Å². The van der Waals surface area contributed by atoms with Gasteiger partial charge in [0.25, 0.3) is 0 Å². The summed E-state index contributed by atoms with van der Waals surface area (Å²) in [5.41, 5.74) is 1.37. The van der Waals surface area contributed by atoms with Gasteiger partial charge in [-0.3, -0.25) is 14.3 Å². The van der Waals surface area contributed by atoms with Crippen molar-refractivity contribution < 1.29 is 18.7 Å². The van der Waals surface area contributed by atoms with Crippen molar-refractivity contribution >= 4 is 23.5 Å². The molecule has 3 rings (SSSR count). The van der Waals surface area contributed by atoms with Gasteiger partial charge in [-0.2, -0.15) is 5.10 Å². The lowest BCUT2D eigenvalue weighted by molar-refractivity contribution is -0.111. The lowest BCUT2D eigenvalue weighted by atomic mass is 10.2. The third kappa shape index (κ3) is 4.72. The number of Topliss-reactive ketones (excluding diaryl/α,β-unsaturated/α-hetero) is 1. The highest BCUT2D eigenvalue weighted by Crippen LogP contribution is 2.18. The zero-order valence-electron chi connectivity index (χ0n) is 15.0. The van der Waals surface area contributed by atoms with Crippen molar-refractivity contribution in [2.24, 2.45) is 0 Å². The molecule has 0 aliphatic rings. The van der Waals surface area contributed by atoms with Gasteiger partial charge in [0.15, 0.2) is 11.5 Å². The number of carbonyl (C=O) groups is 2. The molecule has 0 saturated carbocycles. The average molecular weight is 365 g/mol. The van der Waals surface area contributed by atoms with Gasteiger partial charge in [0, 0.05) is 24.8 Å². The van der Waals surface area contributed by atoms with Crippen LogP contribution in [-0.4, -0.2) is 28.6 Å². The Balaban J connectivity index is 1.60. The minimum atomic E-state index is -0.280. The summed E-state index contributed by atoms with van der Waals surface area (Å²) in [5.74, 6) is 1.20. The first-order valence-electron chi connectivity index (χ1n) is 8.29. The van der Waals surface area contributed by atoms with E-state index < -0.39 is 0 Å². The Labute approximate surface area is 156 Å². The van der Waals surface area contributed by atoms with Gasteiger partial charge in [-0.05, 0) is 24.3 Å². The molecule has 0 bridgehead atoms. The summed E-state index contributed by atoms with van der Waals surface area (Å²) in [7, 11) is 1.58. The van der Waals surface area contributed by atoms with Crippen molar-refractivity contribution in [3.63, 3.8) is 0 Å². The predicted molar refractivity (Wildman–Crippen MR) is 101 cm³/mol. The van der Waals surface area contributed by atoms with Crippen molar-refractivity contribution in [1.82, 2.24) is 9.78 Å². The highest BCUT2D eigenvalue weighted by molar-refractivity contribution is 6.01. The van der Waals surface area contributed by atoms with E-state index in [0.717, 1.165) is 5.56 Å². The number of ketones is 1. The quantitative estimate of drug-likeness (QED) is 0.512. The Morgan fingerprint density at radius 1 is 1.26 bits per heavy atom. The molecule has 0 radical (unpaired) electrons. The summed E-state index contributed by atoms with van der Waals surface area (Å²) in [6.07, 6.45) is 6.35. The monoisotopic (exact) mass is 365 g/mol. The second-order valence-corrected chi connectivity index (χ2v) is 5.81. The molecule has 2 aromatic heterocycles. The Morgan fingerprint density at radius 3 is 2.81 bits per heavy atom. The number of carbonyl (C=O) groups excluding carboxylic acids is 2. The normalized spacial score (nSPS) is 10.9. The number of anilines is 1. The molecule has 0 spiro atoms. The molecular formula is C20H19N3O4. The number of benzene rings is 1. The lowest BCUT2D eigenvalue weighted by Gasteiger charge is -2.03. The Kier molecular flexibility index (Phi) is 5.51. The van der Waals surface area contributed by atoms with Crippen LogP contribution in [0.4, 0.5) is 5.69 Å². The smallest absolute Gasteiger partial charge is 0.248 e. The Morgan fingerprint density at radius 2 is 2.07 bits per heavy atom. The van der Waals surface area contributed by atoms with Crippen LogP contribution in [0.25, 0.3) is 6.08 Å². The summed E-state index contributed by atoms with van der Waals surface area (Å²) in [5, 5.41) is 6.92. The van der Waals surface area contributed by atoms with Crippen LogP contribution >= 0.6 is 0 Å². The number of furan rings is 1. The first kappa shape index (κ1) is 18.2. The van der Waals surface area contributed by atoms with E-state index in [1.807, 2.05) is 24.3 Å². The molecule has 1 amide bonds. The number of nitrogens with zero attached hydrogens (tertiary/aromatic N) is 2. The average Bonchev–Trinajstić information content (AvgIpc) is 3.30. The van der Waals surface area contributed by atoms with Gasteiger partial charge in [-0.15, -0.1) is 0 Å². The van der Waals surface area contributed by atoms with Crippen LogP contribution < -0.4 is 10.1 Å². The molecule has 1 N–H and O–H groups in total. The van der Waals surface area contributed by atoms with Crippen LogP contribution in [-0.2, 0) is 11.3 Å². The maximum atomic E-state index is 12.1. The molecule has 2 heterocycles. The van der Waals surface area contributed by atoms with E-state index in [-0.39, 0.29) is 11.7 Å². The third-order valence-corrected chi connectivity index (χ3v) is 3.78. The highest BCUT2D eigenvalue weighted by Gasteiger charge is 2.08. The molecule has 7 heteroatoms. The number of methoxy groups -OCH3 is 1. The molecule has 138 valence electrons. The zero-order chi connectivity index (χ0) is 19.2. The standard InChI is InChI=1S/C20H19N3O4/c1-14(24)18-9-8-17(27-18)13-23-12-16(11-21-23)22-20(25)10-7-15-5-3-4-6-19(15)26-2/h3-12H,13H2,1-2H3,(H,22,25). The highest BCUT2D eigenvalue weighted by atomic mass is 16.5. The van der Waals surface area contributed by atoms with Gasteiger partial charge < -0.3 is 14.5 Å². The van der Waals surface area contributed by atoms with Crippen molar-refractivity contribution in [1.29, 1.82) is 0 Å². The molecule has 7 nitrogen and oxygen atoms in total. The Bertz CT molecular complexity index is 985. The number of aromatic nitrogens is 2. The molecule has 0 atom stereocenters. The molecule has 0 fully saturated rings. The van der Waals surface area contributed by atoms with Crippen LogP contribution in [0.2, 0.25) is 0 Å². The Hall–Kier alpha value is -3.61. The van der Waals surface area contributed by atoms with E-state index >= 15 is 0 Å². The fourth-order valence-corrected chi connectivity index (χ4v) is 2.48. The maximum absolute atomic E-state index is 12.1. The molecule has 0 aliphatic heterocycles. The number of ether oxygens (including phenoxy) is 1. The first-order valence-corrected chi connectivity index (χ1v) is 8.29. The molecule has 0 aliphatic carbocycles. The van der Waals surface area contributed by atoms with Gasteiger partial charge in [-0.25, -0.2) is 0 Å². The summed E-state index contributed by atoms with van der Waals surface area (Å²) in [6, 6.07) is 10.8. The minimum Gasteiger partial charge on any atom is -0.496 e. The van der Waals surface area contributed by atoms with Crippen LogP contribution in [0.3, 0.4) is 0 Å². The van der Waals surface area contributed by atoms with Gasteiger partial charge in [0.05, 0.1) is 25.5 Å². The summed E-state index contributed by atoms with van der Waals surface area (Å²) in [6.45, 7) is 1.81. The number of nitrogens with one attached hydrogen (secondary N) is 1. The summed E-state index contributed by atoms with van der Waals surface area (Å²) in [4.78, 5) is 23.4. The van der Waals surface area contributed by atoms with Crippen molar-refractivity contribution in [3.05, 3.63) is 72.0 Å². The van der Waals surface area contributed by atoms with Crippen LogP contribution in [0.15, 0.2) is 59.3 Å². The minimum absolute atomic E-state index is 0.128. The molecular weight excluding hydrogens is 346 g/mol. The first-order chi connectivity index (χ1) is 13.0. The third-order valence-electron chi connectivity index (χ3n) is 3.78. The van der Waals surface area contributed by atoms with Gasteiger partial charge in [0.1, 0.15) is 11.5 Å². The molecule has 0 saturated heterocycles. The number of amides is 1. The second kappa shape index (κ2) is 8.18. The van der Waals surface area contributed by atoms with E-state index in [4.69, 9.17) is 9.15 Å². The molecule has 27 heavy (non-hydrogen) atoms. The molecule has 1 aromatic carbocycles. The number of hydrogen-bond donors (Lipinski definition) is 1. The summed E-state index contributed by atoms with van der Waals surface area (Å²) < 4.78 is 12.3. The lowest BCUT2D eigenvalue weighted by Crippen LogP contribution is -2.07. The number of rotatable bonds is 7. The predicted octanol–water partition coefficient (Wildman–Crippen LogP) is 3.39. The number of para-hydroxylation sites is 1. The van der Waals surface area contributed by atoms with Gasteiger partial charge >= 0.3 is 0 Å². The van der Waals surface area contributed by atoms with Crippen molar-refractivity contribution in [3.8, 4) is 5.75 Å². The largest absolute Gasteiger partial charge is 0.496 e. The molecule has 3 aromatic rings. The maximum Gasteiger partial charge on any atom is 0.248 e. The topological polar surface area (TPSA) is 86.4 Å². The zero-order valence-corrected chi connectivity index (χ0v) is 15.0. The van der Waals surface area contributed by atoms with Crippen LogP contribution in [0.5, 0.6) is 5.75 Å². The van der Waals surface area contributed by atoms with Crippen LogP contribution in [0.1, 0.15) is 28.8 Å². The van der Waals surface area contributed by atoms with E-state index in [2.05, 4.69) is 10.4 Å². The fraction of sp³-hybridized carbons (Fsp3) is 0.150. The summed E-state index contributed by atoms with van der Waals surface area (Å²) >= 11 is 0. The SMILES string of the molecule is COc1ccccc1C=CC(=O)Nc1cnn(Cc2ccc(C(C)=O)o2)c1. The van der Waals surface area contributed by atoms with Gasteiger partial charge in [-0.1, -0.05) is 18.2 Å². The van der Waals surface area contributed by atoms with Gasteiger partial charge in [0.2, 0.25) is 5.91 Å². The van der Waals surface area contributed by atoms with E-state index in [1.165, 1.54) is 13.0 Å². The number of hydrogen-bond acceptors (Lipinski definition) is 5. The van der Waals surface area contributed by atoms with E-state index in [1.54, 1.807) is 42.4 Å². The van der Waals surface area contributed by atoms with E-state index in [9.17, 15) is 9.59 Å².